The minimum absolute atomic E-state index is 0.153. The largest absolute Gasteiger partial charge is 0.393 e. The Bertz CT molecular complexity index is 92.1. The standard InChI is InChI=1S/C11H24O2/c1-3-4-6-9-13-10-7-5-8-11(2)12/h11-12H,3-10H2,1-2H3. The molecule has 13 heavy (non-hydrogen) atoms. The van der Waals surface area contributed by atoms with Crippen LogP contribution in [0.15, 0.2) is 0 Å². The molecule has 2 heteroatoms. The Morgan fingerprint density at radius 2 is 1.69 bits per heavy atom. The van der Waals surface area contributed by atoms with E-state index in [9.17, 15) is 0 Å². The second-order valence-corrected chi connectivity index (χ2v) is 3.66. The molecule has 80 valence electrons. The molecule has 0 amide bonds. The zero-order chi connectivity index (χ0) is 9.94. The minimum atomic E-state index is -0.153. The van der Waals surface area contributed by atoms with Crippen molar-refractivity contribution in [3.63, 3.8) is 0 Å². The third-order valence-electron chi connectivity index (χ3n) is 2.05. The van der Waals surface area contributed by atoms with Gasteiger partial charge in [0.05, 0.1) is 6.10 Å². The molecule has 0 spiro atoms. The normalized spacial score (nSPS) is 13.2. The number of hydrogen-bond acceptors (Lipinski definition) is 2. The highest BCUT2D eigenvalue weighted by molar-refractivity contribution is 4.47. The fourth-order valence-corrected chi connectivity index (χ4v) is 1.20. The molecule has 2 nitrogen and oxygen atoms in total. The van der Waals surface area contributed by atoms with Gasteiger partial charge in [0, 0.05) is 13.2 Å². The van der Waals surface area contributed by atoms with Crippen molar-refractivity contribution in [3.8, 4) is 0 Å². The lowest BCUT2D eigenvalue weighted by Gasteiger charge is -2.04. The van der Waals surface area contributed by atoms with Gasteiger partial charge in [0.15, 0.2) is 0 Å². The molecule has 0 saturated carbocycles. The highest BCUT2D eigenvalue weighted by Crippen LogP contribution is 2.01. The first kappa shape index (κ1) is 12.9. The van der Waals surface area contributed by atoms with Crippen LogP contribution in [0.1, 0.15) is 52.4 Å². The lowest BCUT2D eigenvalue weighted by atomic mass is 10.2. The molecule has 0 fully saturated rings. The van der Waals surface area contributed by atoms with E-state index in [-0.39, 0.29) is 6.10 Å². The van der Waals surface area contributed by atoms with Crippen LogP contribution in [-0.4, -0.2) is 24.4 Å². The first-order valence-electron chi connectivity index (χ1n) is 5.53. The highest BCUT2D eigenvalue weighted by atomic mass is 16.5. The van der Waals surface area contributed by atoms with Crippen LogP contribution in [0.2, 0.25) is 0 Å². The predicted molar refractivity (Wildman–Crippen MR) is 55.9 cm³/mol. The summed E-state index contributed by atoms with van der Waals surface area (Å²) >= 11 is 0. The molecule has 0 aliphatic rings. The molecule has 1 atom stereocenters. The van der Waals surface area contributed by atoms with Crippen molar-refractivity contribution >= 4 is 0 Å². The van der Waals surface area contributed by atoms with Crippen LogP contribution < -0.4 is 0 Å². The summed E-state index contributed by atoms with van der Waals surface area (Å²) in [6.07, 6.45) is 6.62. The molecule has 0 aromatic rings. The maximum Gasteiger partial charge on any atom is 0.0512 e. The summed E-state index contributed by atoms with van der Waals surface area (Å²) in [6, 6.07) is 0. The number of aliphatic hydroxyl groups is 1. The molecule has 1 unspecified atom stereocenters. The van der Waals surface area contributed by atoms with Gasteiger partial charge >= 0.3 is 0 Å². The van der Waals surface area contributed by atoms with Gasteiger partial charge in [-0.05, 0) is 32.6 Å². The Hall–Kier alpha value is -0.0800. The molecule has 0 aromatic heterocycles. The lowest BCUT2D eigenvalue weighted by Crippen LogP contribution is -2.01. The number of rotatable bonds is 9. The molecule has 0 aliphatic carbocycles. The molecule has 0 radical (unpaired) electrons. The fourth-order valence-electron chi connectivity index (χ4n) is 1.20. The van der Waals surface area contributed by atoms with Crippen LogP contribution in [0.5, 0.6) is 0 Å². The molecule has 0 rings (SSSR count). The Morgan fingerprint density at radius 3 is 2.23 bits per heavy atom. The topological polar surface area (TPSA) is 29.5 Å². The maximum atomic E-state index is 8.98. The van der Waals surface area contributed by atoms with Crippen molar-refractivity contribution in [2.45, 2.75) is 58.5 Å². The number of unbranched alkanes of at least 4 members (excludes halogenated alkanes) is 3. The predicted octanol–water partition coefficient (Wildman–Crippen LogP) is 2.74. The van der Waals surface area contributed by atoms with Crippen molar-refractivity contribution in [3.05, 3.63) is 0 Å². The summed E-state index contributed by atoms with van der Waals surface area (Å²) in [6.45, 7) is 5.80. The molecule has 0 bridgehead atoms. The average Bonchev–Trinajstić information content (AvgIpc) is 2.09. The Labute approximate surface area is 82.3 Å². The first-order chi connectivity index (χ1) is 6.27. The van der Waals surface area contributed by atoms with Gasteiger partial charge in [-0.2, -0.15) is 0 Å². The average molecular weight is 188 g/mol. The van der Waals surface area contributed by atoms with E-state index >= 15 is 0 Å². The van der Waals surface area contributed by atoms with Gasteiger partial charge < -0.3 is 9.84 Å². The molecule has 0 aliphatic heterocycles. The fraction of sp³-hybridized carbons (Fsp3) is 1.00. The summed E-state index contributed by atoms with van der Waals surface area (Å²) in [7, 11) is 0. The molecule has 0 heterocycles. The van der Waals surface area contributed by atoms with Gasteiger partial charge in [-0.1, -0.05) is 19.8 Å². The van der Waals surface area contributed by atoms with Crippen LogP contribution in [0.4, 0.5) is 0 Å². The van der Waals surface area contributed by atoms with Gasteiger partial charge in [0.25, 0.3) is 0 Å². The summed E-state index contributed by atoms with van der Waals surface area (Å²) in [5, 5.41) is 8.98. The van der Waals surface area contributed by atoms with Crippen LogP contribution in [0.25, 0.3) is 0 Å². The van der Waals surface area contributed by atoms with Gasteiger partial charge in [-0.25, -0.2) is 0 Å². The SMILES string of the molecule is CCCCCOCCCCC(C)O. The number of aliphatic hydroxyl groups excluding tert-OH is 1. The third-order valence-corrected chi connectivity index (χ3v) is 2.05. The Kier molecular flexibility index (Phi) is 9.94. The van der Waals surface area contributed by atoms with Gasteiger partial charge in [0.1, 0.15) is 0 Å². The summed E-state index contributed by atoms with van der Waals surface area (Å²) in [5.41, 5.74) is 0. The van der Waals surface area contributed by atoms with Crippen LogP contribution in [0, 0.1) is 0 Å². The summed E-state index contributed by atoms with van der Waals surface area (Å²) < 4.78 is 5.44. The smallest absolute Gasteiger partial charge is 0.0512 e. The molecule has 0 saturated heterocycles. The van der Waals surface area contributed by atoms with Crippen molar-refractivity contribution in [2.75, 3.05) is 13.2 Å². The molecular formula is C11H24O2. The van der Waals surface area contributed by atoms with E-state index in [1.807, 2.05) is 6.92 Å². The van der Waals surface area contributed by atoms with Crippen LogP contribution >= 0.6 is 0 Å². The molecule has 1 N–H and O–H groups in total. The number of hydrogen-bond donors (Lipinski definition) is 1. The van der Waals surface area contributed by atoms with Gasteiger partial charge in [0.2, 0.25) is 0 Å². The van der Waals surface area contributed by atoms with Crippen molar-refractivity contribution in [2.24, 2.45) is 0 Å². The minimum Gasteiger partial charge on any atom is -0.393 e. The quantitative estimate of drug-likeness (QED) is 0.564. The van der Waals surface area contributed by atoms with Crippen molar-refractivity contribution in [1.82, 2.24) is 0 Å². The zero-order valence-electron chi connectivity index (χ0n) is 9.09. The molecular weight excluding hydrogens is 164 g/mol. The van der Waals surface area contributed by atoms with Crippen molar-refractivity contribution < 1.29 is 9.84 Å². The van der Waals surface area contributed by atoms with E-state index in [1.165, 1.54) is 19.3 Å². The zero-order valence-corrected chi connectivity index (χ0v) is 9.09. The second-order valence-electron chi connectivity index (χ2n) is 3.66. The second kappa shape index (κ2) is 10.0. The maximum absolute atomic E-state index is 8.98. The van der Waals surface area contributed by atoms with E-state index in [4.69, 9.17) is 9.84 Å². The van der Waals surface area contributed by atoms with E-state index in [0.717, 1.165) is 32.5 Å². The van der Waals surface area contributed by atoms with E-state index in [0.29, 0.717) is 0 Å². The van der Waals surface area contributed by atoms with E-state index in [2.05, 4.69) is 6.92 Å². The number of ether oxygens (including phenoxy) is 1. The first-order valence-corrected chi connectivity index (χ1v) is 5.53. The van der Waals surface area contributed by atoms with E-state index < -0.39 is 0 Å². The molecule has 0 aromatic carbocycles. The Balaban J connectivity index is 2.84. The van der Waals surface area contributed by atoms with Crippen LogP contribution in [0.3, 0.4) is 0 Å². The van der Waals surface area contributed by atoms with Crippen LogP contribution in [-0.2, 0) is 4.74 Å². The van der Waals surface area contributed by atoms with E-state index in [1.54, 1.807) is 0 Å². The highest BCUT2D eigenvalue weighted by Gasteiger charge is 1.95. The summed E-state index contributed by atoms with van der Waals surface area (Å²) in [4.78, 5) is 0. The third kappa shape index (κ3) is 11.9. The summed E-state index contributed by atoms with van der Waals surface area (Å²) in [5.74, 6) is 0. The lowest BCUT2D eigenvalue weighted by molar-refractivity contribution is 0.120. The Morgan fingerprint density at radius 1 is 1.08 bits per heavy atom. The van der Waals surface area contributed by atoms with Crippen molar-refractivity contribution in [1.29, 1.82) is 0 Å². The van der Waals surface area contributed by atoms with Gasteiger partial charge in [-0.15, -0.1) is 0 Å². The van der Waals surface area contributed by atoms with Gasteiger partial charge in [-0.3, -0.25) is 0 Å². The monoisotopic (exact) mass is 188 g/mol.